The summed E-state index contributed by atoms with van der Waals surface area (Å²) < 4.78 is 27.0. The number of carbonyl (C=O) groups is 5. The van der Waals surface area contributed by atoms with Crippen LogP contribution in [0.1, 0.15) is 166 Å². The van der Waals surface area contributed by atoms with Gasteiger partial charge in [-0.05, 0) is 170 Å². The molecule has 584 valence electrons. The van der Waals surface area contributed by atoms with Crippen LogP contribution in [0.3, 0.4) is 0 Å². The van der Waals surface area contributed by atoms with Gasteiger partial charge in [0.15, 0.2) is 28.0 Å². The van der Waals surface area contributed by atoms with Crippen LogP contribution in [0.5, 0.6) is 5.75 Å². The molecule has 4 aromatic heterocycles. The number of hydrogen-bond acceptors (Lipinski definition) is 21. The van der Waals surface area contributed by atoms with Crippen LogP contribution in [0, 0.1) is 41.5 Å². The van der Waals surface area contributed by atoms with Crippen LogP contribution in [0.15, 0.2) is 122 Å². The summed E-state index contributed by atoms with van der Waals surface area (Å²) in [5, 5.41) is 54.5. The van der Waals surface area contributed by atoms with Gasteiger partial charge in [-0.3, -0.25) is 38.3 Å². The quantitative estimate of drug-likeness (QED) is 0.00987. The number of unbranched alkanes of at least 4 members (excludes halogenated alkanes) is 3. The molecule has 0 spiro atoms. The largest absolute Gasteiger partial charge is 0.508 e. The topological polar surface area (TPSA) is 318 Å². The van der Waals surface area contributed by atoms with Crippen LogP contribution in [-0.2, 0) is 28.6 Å². The number of phenolic OH excluding ortho intramolecular Hbond substituents is 1. The first-order chi connectivity index (χ1) is 54.0. The predicted octanol–water partition coefficient (Wildman–Crippen LogP) is 15.5. The van der Waals surface area contributed by atoms with Gasteiger partial charge in [-0.15, -0.1) is 43.1 Å². The number of nitrogens with zero attached hydrogens (tertiary/aromatic N) is 8. The summed E-state index contributed by atoms with van der Waals surface area (Å²) in [7, 11) is 0. The Balaban J connectivity index is 0.000000196. The Morgan fingerprint density at radius 1 is 0.616 bits per heavy atom. The third-order valence-corrected chi connectivity index (χ3v) is 25.0. The Morgan fingerprint density at radius 3 is 1.74 bits per heavy atom. The summed E-state index contributed by atoms with van der Waals surface area (Å²) in [6, 6.07) is 28.0. The molecule has 1 aliphatic carbocycles. The first-order valence-corrected chi connectivity index (χ1v) is 41.2. The van der Waals surface area contributed by atoms with E-state index in [0.29, 0.717) is 125 Å². The van der Waals surface area contributed by atoms with Crippen molar-refractivity contribution in [1.82, 2.24) is 45.5 Å². The Kier molecular flexibility index (Phi) is 26.4. The van der Waals surface area contributed by atoms with E-state index in [1.54, 1.807) is 46.9 Å². The van der Waals surface area contributed by atoms with E-state index in [9.17, 15) is 39.0 Å². The maximum Gasteiger partial charge on any atom is 0.336 e. The number of rotatable bonds is 32. The zero-order chi connectivity index (χ0) is 78.9. The zero-order valence-corrected chi connectivity index (χ0v) is 67.6. The first-order valence-electron chi connectivity index (χ1n) is 37.4. The Bertz CT molecular complexity index is 5280. The lowest BCUT2D eigenvalue weighted by Gasteiger charge is -2.18. The molecule has 0 saturated carbocycles. The highest BCUT2D eigenvalue weighted by Crippen LogP contribution is 2.45. The Hall–Kier alpha value is -9.36. The van der Waals surface area contributed by atoms with Crippen molar-refractivity contribution in [2.75, 3.05) is 57.3 Å². The number of amides is 2. The van der Waals surface area contributed by atoms with Gasteiger partial charge >= 0.3 is 12.0 Å². The van der Waals surface area contributed by atoms with E-state index in [4.69, 9.17) is 64.0 Å². The summed E-state index contributed by atoms with van der Waals surface area (Å²) >= 11 is 23.2. The van der Waals surface area contributed by atoms with Gasteiger partial charge in [-0.2, -0.15) is 11.8 Å². The van der Waals surface area contributed by atoms with Crippen molar-refractivity contribution in [3.63, 3.8) is 0 Å². The van der Waals surface area contributed by atoms with Gasteiger partial charge in [0, 0.05) is 133 Å². The lowest BCUT2D eigenvalue weighted by atomic mass is 9.90. The fourth-order valence-electron chi connectivity index (χ4n) is 14.4. The monoisotopic (exact) mass is 1630 g/mol. The van der Waals surface area contributed by atoms with Crippen molar-refractivity contribution >= 4 is 132 Å². The van der Waals surface area contributed by atoms with Gasteiger partial charge in [0.2, 0.25) is 0 Å². The molecule has 1 unspecified atom stereocenters. The minimum atomic E-state index is -1.20. The van der Waals surface area contributed by atoms with Crippen LogP contribution in [0.4, 0.5) is 10.5 Å². The molecule has 2 saturated heterocycles. The highest BCUT2D eigenvalue weighted by molar-refractivity contribution is 8.00. The van der Waals surface area contributed by atoms with Crippen LogP contribution < -0.4 is 26.7 Å². The number of anilines is 1. The number of hydrogen-bond donors (Lipinski definition) is 6. The van der Waals surface area contributed by atoms with Gasteiger partial charge in [0.25, 0.3) is 0 Å². The number of thiophene rings is 2. The van der Waals surface area contributed by atoms with Gasteiger partial charge in [-0.25, -0.2) is 9.59 Å². The molecule has 5 atom stereocenters. The molecule has 4 aromatic carbocycles. The number of urea groups is 1. The third kappa shape index (κ3) is 18.8. The highest BCUT2D eigenvalue weighted by atomic mass is 35.5. The second kappa shape index (κ2) is 36.6. The fourth-order valence-corrected chi connectivity index (χ4v) is 18.8. The summed E-state index contributed by atoms with van der Waals surface area (Å²) in [6.07, 6.45) is 8.15. The number of ketones is 3. The summed E-state index contributed by atoms with van der Waals surface area (Å²) in [5.74, 6) is 2.94. The molecule has 2 fully saturated rings. The number of aromatic hydroxyl groups is 1. The number of phenols is 1. The number of benzene rings is 5. The first kappa shape index (κ1) is 80.7. The number of aromatic carboxylic acids is 1. The van der Waals surface area contributed by atoms with Gasteiger partial charge in [-0.1, -0.05) is 60.0 Å². The molecule has 9 heterocycles. The standard InChI is InChI=1S/C41H31ClN6O6S2.C41H55ClN6O6S2/c1-19-20(2)56-39-35(19)37(22-4-6-23(42)7-5-22)45-32(38-47-46-21(3)48(38)39)15-27(51)18-43-41(55)44-24-8-11-28(31(14-24)40(52)53)36-29-12-9-25(49)16-33(29)54-34-17-26(50)10-13-30(34)36;1-26-27(2)56-40-36(26)37(29-14-16-30(42)17-15-29)43-33(39-47-46-28(3)48(39)40)24-32(50)12-7-9-19-53-21-23-54-22-20-52-18-8-6-11-31(49)10-4-5-13-35-38-34(25-55-35)44-41(51)45-38/h4-14,16-17,32,49H,15,18H2,1-3H3,(H,52,53)(H2,43,44,55);14-17,33-35,38H,4-13,18-25H2,1-3H3,(H2,44,45,51)/t32-;33?,34-,35-,38-/m11/s1. The number of aliphatic imine (C=N–C) groups is 2. The van der Waals surface area contributed by atoms with Gasteiger partial charge in [0.1, 0.15) is 62.4 Å². The average Bonchev–Trinajstić information content (AvgIpc) is 1.26. The number of aromatic nitrogens is 6. The summed E-state index contributed by atoms with van der Waals surface area (Å²) in [4.78, 5) is 88.3. The van der Waals surface area contributed by atoms with E-state index >= 15 is 0 Å². The lowest BCUT2D eigenvalue weighted by Crippen LogP contribution is -2.36. The predicted molar refractivity (Wildman–Crippen MR) is 442 cm³/mol. The average molecular weight is 1630 g/mol. The normalized spacial score (nSPS) is 16.7. The minimum Gasteiger partial charge on any atom is -0.508 e. The molecule has 0 radical (unpaired) electrons. The van der Waals surface area contributed by atoms with E-state index in [1.807, 2.05) is 78.7 Å². The minimum absolute atomic E-state index is 0.00650. The fraction of sp³-hybridized carbons (Fsp3) is 0.378. The van der Waals surface area contributed by atoms with Crippen LogP contribution >= 0.6 is 69.9 Å². The van der Waals surface area contributed by atoms with Crippen LogP contribution in [-0.4, -0.2) is 155 Å². The second-order valence-electron chi connectivity index (χ2n) is 28.1. The molecule has 8 aromatic rings. The van der Waals surface area contributed by atoms with Crippen molar-refractivity contribution < 1.29 is 52.8 Å². The number of aryl methyl sites for hydroxylation is 4. The molecular formula is C82H86Cl2N12O12S4. The summed E-state index contributed by atoms with van der Waals surface area (Å²) in [5.41, 5.74) is 9.37. The van der Waals surface area contributed by atoms with E-state index in [2.05, 4.69) is 73.9 Å². The molecular weight excluding hydrogens is 1540 g/mol. The Morgan fingerprint density at radius 2 is 1.16 bits per heavy atom. The number of Topliss-reactive ketones (excluding diaryl/α,β-unsaturated/α-hetero) is 3. The van der Waals surface area contributed by atoms with Crippen molar-refractivity contribution in [2.24, 2.45) is 9.98 Å². The number of carboxylic acid groups (broad SMARTS) is 1. The van der Waals surface area contributed by atoms with Crippen molar-refractivity contribution in [3.05, 3.63) is 195 Å². The third-order valence-electron chi connectivity index (χ3n) is 20.3. The molecule has 0 bridgehead atoms. The molecule has 14 rings (SSSR count). The van der Waals surface area contributed by atoms with Crippen molar-refractivity contribution in [3.8, 4) is 38.2 Å². The van der Waals surface area contributed by atoms with Crippen LogP contribution in [0.25, 0.3) is 43.4 Å². The number of halogens is 2. The molecule has 5 aliphatic heterocycles. The maximum absolute atomic E-state index is 13.6. The van der Waals surface area contributed by atoms with Gasteiger partial charge < -0.3 is 50.1 Å². The molecule has 2 amide bonds. The van der Waals surface area contributed by atoms with E-state index < -0.39 is 18.1 Å². The lowest BCUT2D eigenvalue weighted by molar-refractivity contribution is -0.120. The SMILES string of the molecule is Cc1sc2c(c1C)C(c1ccc(Cl)cc1)=NC(CC(=O)CCCCOCCOCCOCCCCC(=O)CCCC[C@H]1SC[C@H]3NC(=O)N[C@H]31)c1nnc(C)n1-2.Cc1sc2c(c1C)C(c1ccc(Cl)cc1)=N[C@H](CC(=O)CNC(=S)Nc1ccc(-c3c4ccc(=O)cc-4oc4cc(O)ccc34)c(C(=O)O)c1)c1nnc(C)n1-2. The second-order valence-corrected chi connectivity index (χ2v) is 33.1. The number of thioether (sulfide) groups is 1. The van der Waals surface area contributed by atoms with E-state index in [-0.39, 0.29) is 82.3 Å². The molecule has 6 aliphatic rings. The maximum atomic E-state index is 13.6. The van der Waals surface area contributed by atoms with Crippen molar-refractivity contribution in [1.29, 1.82) is 0 Å². The molecule has 6 N–H and O–H groups in total. The summed E-state index contributed by atoms with van der Waals surface area (Å²) in [6.45, 7) is 15.2. The number of fused-ring (bicyclic) bond motifs is 9. The van der Waals surface area contributed by atoms with Crippen LogP contribution in [0.2, 0.25) is 10.0 Å². The Labute approximate surface area is 674 Å². The van der Waals surface area contributed by atoms with Crippen molar-refractivity contribution in [2.45, 2.75) is 148 Å². The van der Waals surface area contributed by atoms with E-state index in [1.165, 1.54) is 35.2 Å². The zero-order valence-electron chi connectivity index (χ0n) is 62.8. The number of carboxylic acids is 1. The smallest absolute Gasteiger partial charge is 0.336 e. The molecule has 24 nitrogen and oxygen atoms in total. The number of ether oxygens (including phenoxy) is 3. The molecule has 30 heteroatoms. The number of carbonyl (C=O) groups excluding carboxylic acids is 4. The van der Waals surface area contributed by atoms with Gasteiger partial charge in [0.05, 0.1) is 62.0 Å². The number of thiocarbonyl (C=S) groups is 1. The highest BCUT2D eigenvalue weighted by Gasteiger charge is 2.43. The molecule has 112 heavy (non-hydrogen) atoms. The van der Waals surface area contributed by atoms with E-state index in [0.717, 1.165) is 116 Å². The number of nitrogens with one attached hydrogen (secondary N) is 4.